The van der Waals surface area contributed by atoms with Crippen LogP contribution in [0.15, 0.2) is 46.7 Å². The molecule has 0 spiro atoms. The summed E-state index contributed by atoms with van der Waals surface area (Å²) >= 11 is 2.82. The van der Waals surface area contributed by atoms with Crippen LogP contribution in [0.4, 0.5) is 9.93 Å². The fraction of sp³-hybridized carbons (Fsp3) is 0.558. The highest BCUT2D eigenvalue weighted by Crippen LogP contribution is 2.37. The van der Waals surface area contributed by atoms with E-state index in [1.165, 1.54) is 28.0 Å². The molecule has 1 saturated heterocycles. The van der Waals surface area contributed by atoms with Crippen molar-refractivity contribution in [3.8, 4) is 17.1 Å². The molecule has 59 heavy (non-hydrogen) atoms. The zero-order chi connectivity index (χ0) is 42.3. The number of alkyl carbamates (subject to hydrolysis) is 1. The maximum Gasteiger partial charge on any atom is 0.408 e. The number of benzene rings is 1. The number of anilines is 1. The van der Waals surface area contributed by atoms with Crippen LogP contribution < -0.4 is 20.7 Å². The number of carbonyl (C=O) groups excluding carboxylic acids is 4. The van der Waals surface area contributed by atoms with Crippen LogP contribution in [-0.2, 0) is 23.9 Å². The highest BCUT2D eigenvalue weighted by molar-refractivity contribution is 7.98. The van der Waals surface area contributed by atoms with Crippen LogP contribution in [0.1, 0.15) is 98.3 Å². The molecule has 4 amide bonds. The molecular formula is C43H56N6O8S2. The van der Waals surface area contributed by atoms with E-state index >= 15 is 0 Å². The number of carboxylic acid groups (broad SMARTS) is 1. The van der Waals surface area contributed by atoms with Crippen molar-refractivity contribution in [3.63, 3.8) is 0 Å². The molecule has 4 N–H and O–H groups in total. The van der Waals surface area contributed by atoms with Gasteiger partial charge in [-0.2, -0.15) is 0 Å². The number of hydrogen-bond donors (Lipinski definition) is 4. The highest BCUT2D eigenvalue weighted by Gasteiger charge is 2.44. The zero-order valence-electron chi connectivity index (χ0n) is 34.5. The molecule has 1 aromatic carbocycles. The van der Waals surface area contributed by atoms with Gasteiger partial charge in [0.05, 0.1) is 17.8 Å². The van der Waals surface area contributed by atoms with Gasteiger partial charge in [0.15, 0.2) is 5.13 Å². The van der Waals surface area contributed by atoms with E-state index in [9.17, 15) is 29.1 Å². The number of thiazole rings is 1. The number of carbonyl (C=O) groups is 5. The third-order valence-electron chi connectivity index (χ3n) is 10.9. The standard InChI is InChI=1S/C43H56N6O8S2/c1-25-14-9-7-6-8-10-18-29(46-42(55)57-26-15-11-12-16-26)39(52)49-23-27(20-32(49)38(51)48-36(25)40(53)54)56-33-21-30(44-37-28(33)17-13-19-34(37)58-5)31-24-59-41(45-31)47-35(50)22-43(2,3)4/h9,13-14,17,19,21,24-27,29,32,36H,6-8,10-12,15-16,18,20,22-23H2,1-5H3,(H,46,55)(H,48,51)(H,53,54)(H,45,47,50)/b14-9-/t25?,27-,29+,32+,36-/m1/s1. The van der Waals surface area contributed by atoms with E-state index in [0.29, 0.717) is 47.0 Å². The van der Waals surface area contributed by atoms with Crippen LogP contribution in [-0.4, -0.2) is 92.9 Å². The lowest BCUT2D eigenvalue weighted by molar-refractivity contribution is -0.145. The van der Waals surface area contributed by atoms with Crippen molar-refractivity contribution in [3.05, 3.63) is 41.8 Å². The van der Waals surface area contributed by atoms with Crippen LogP contribution in [0, 0.1) is 11.3 Å². The smallest absolute Gasteiger partial charge is 0.408 e. The SMILES string of the molecule is CSc1cccc2c(O[C@@H]3C[C@H]4C(=O)N[C@@H](C(=O)O)C(C)/C=C\CCCCC[C@H](NC(=O)OC5CCCC5)C(=O)N4C3)cc(-c3csc(NC(=O)CC(C)(C)C)n3)nc12. The van der Waals surface area contributed by atoms with Gasteiger partial charge in [-0.3, -0.25) is 14.4 Å². The van der Waals surface area contributed by atoms with Crippen molar-refractivity contribution >= 4 is 68.9 Å². The first-order chi connectivity index (χ1) is 28.2. The van der Waals surface area contributed by atoms with E-state index in [4.69, 9.17) is 14.5 Å². The van der Waals surface area contributed by atoms with Crippen molar-refractivity contribution in [2.75, 3.05) is 18.1 Å². The Morgan fingerprint density at radius 1 is 1.03 bits per heavy atom. The molecule has 3 aromatic rings. The topological polar surface area (TPSA) is 189 Å². The van der Waals surface area contributed by atoms with Gasteiger partial charge < -0.3 is 35.4 Å². The van der Waals surface area contributed by atoms with E-state index in [0.717, 1.165) is 55.2 Å². The van der Waals surface area contributed by atoms with Crippen LogP contribution in [0.25, 0.3) is 22.3 Å². The van der Waals surface area contributed by atoms with Gasteiger partial charge in [0.25, 0.3) is 0 Å². The van der Waals surface area contributed by atoms with Crippen LogP contribution in [0.2, 0.25) is 0 Å². The second kappa shape index (κ2) is 19.6. The summed E-state index contributed by atoms with van der Waals surface area (Å²) in [6.07, 6.45) is 11.4. The summed E-state index contributed by atoms with van der Waals surface area (Å²) in [6.45, 7) is 7.73. The minimum absolute atomic E-state index is 0.00198. The molecule has 2 aromatic heterocycles. The van der Waals surface area contributed by atoms with Crippen molar-refractivity contribution in [2.45, 2.75) is 134 Å². The van der Waals surface area contributed by atoms with Crippen molar-refractivity contribution in [1.29, 1.82) is 0 Å². The number of thioether (sulfide) groups is 1. The summed E-state index contributed by atoms with van der Waals surface area (Å²) < 4.78 is 12.4. The summed E-state index contributed by atoms with van der Waals surface area (Å²) in [6, 6.07) is 4.27. The van der Waals surface area contributed by atoms with Gasteiger partial charge in [-0.25, -0.2) is 19.6 Å². The second-order valence-corrected chi connectivity index (χ2v) is 18.6. The Morgan fingerprint density at radius 3 is 2.53 bits per heavy atom. The maximum atomic E-state index is 14.6. The molecular weight excluding hydrogens is 793 g/mol. The molecule has 1 saturated carbocycles. The van der Waals surface area contributed by atoms with Crippen molar-refractivity contribution in [1.82, 2.24) is 25.5 Å². The Bertz CT molecular complexity index is 2040. The first-order valence-corrected chi connectivity index (χ1v) is 22.7. The van der Waals surface area contributed by atoms with Gasteiger partial charge in [0.1, 0.15) is 41.8 Å². The number of ether oxygens (including phenoxy) is 2. The number of aliphatic carboxylic acids is 1. The van der Waals surface area contributed by atoms with Gasteiger partial charge in [-0.1, -0.05) is 58.8 Å². The van der Waals surface area contributed by atoms with Crippen LogP contribution in [0.3, 0.4) is 0 Å². The first-order valence-electron chi connectivity index (χ1n) is 20.6. The van der Waals surface area contributed by atoms with Crippen molar-refractivity contribution in [2.24, 2.45) is 11.3 Å². The van der Waals surface area contributed by atoms with Gasteiger partial charge in [0, 0.05) is 40.5 Å². The lowest BCUT2D eigenvalue weighted by Gasteiger charge is -2.30. The fourth-order valence-electron chi connectivity index (χ4n) is 7.90. The molecule has 3 aliphatic rings. The highest BCUT2D eigenvalue weighted by atomic mass is 32.2. The monoisotopic (exact) mass is 848 g/mol. The number of para-hydroxylation sites is 1. The predicted molar refractivity (Wildman–Crippen MR) is 228 cm³/mol. The largest absolute Gasteiger partial charge is 0.488 e. The Morgan fingerprint density at radius 2 is 1.80 bits per heavy atom. The quantitative estimate of drug-likeness (QED) is 0.123. The Balaban J connectivity index is 1.32. The van der Waals surface area contributed by atoms with Crippen LogP contribution >= 0.6 is 23.1 Å². The number of hydrogen-bond acceptors (Lipinski definition) is 11. The number of aromatic nitrogens is 2. The number of allylic oxidation sites excluding steroid dienone is 1. The van der Waals surface area contributed by atoms with E-state index < -0.39 is 54.0 Å². The van der Waals surface area contributed by atoms with Crippen LogP contribution in [0.5, 0.6) is 5.75 Å². The predicted octanol–water partition coefficient (Wildman–Crippen LogP) is 7.57. The third-order valence-corrected chi connectivity index (χ3v) is 12.4. The van der Waals surface area contributed by atoms with Gasteiger partial charge >= 0.3 is 12.1 Å². The summed E-state index contributed by atoms with van der Waals surface area (Å²) in [4.78, 5) is 79.1. The van der Waals surface area contributed by atoms with E-state index in [-0.39, 0.29) is 30.4 Å². The number of carboxylic acids is 1. The van der Waals surface area contributed by atoms with Gasteiger partial charge in [-0.05, 0) is 68.7 Å². The third kappa shape index (κ3) is 11.5. The Kier molecular flexibility index (Phi) is 14.6. The minimum Gasteiger partial charge on any atom is -0.488 e. The summed E-state index contributed by atoms with van der Waals surface area (Å²) in [5.41, 5.74) is 1.54. The van der Waals surface area contributed by atoms with Gasteiger partial charge in [0.2, 0.25) is 17.7 Å². The second-order valence-electron chi connectivity index (χ2n) is 16.9. The molecule has 0 bridgehead atoms. The normalized spacial score (nSPS) is 24.1. The lowest BCUT2D eigenvalue weighted by atomic mass is 9.92. The number of nitrogens with zero attached hydrogens (tertiary/aromatic N) is 3. The Labute approximate surface area is 353 Å². The molecule has 318 valence electrons. The molecule has 0 radical (unpaired) electrons. The molecule has 4 heterocycles. The van der Waals surface area contributed by atoms with Crippen molar-refractivity contribution < 1.29 is 38.6 Å². The number of pyridine rings is 1. The molecule has 14 nitrogen and oxygen atoms in total. The summed E-state index contributed by atoms with van der Waals surface area (Å²) in [5, 5.41) is 21.6. The minimum atomic E-state index is -1.23. The molecule has 6 rings (SSSR count). The van der Waals surface area contributed by atoms with E-state index in [1.54, 1.807) is 13.0 Å². The number of fused-ring (bicyclic) bond motifs is 2. The number of amides is 4. The van der Waals surface area contributed by atoms with Gasteiger partial charge in [-0.15, -0.1) is 23.1 Å². The summed E-state index contributed by atoms with van der Waals surface area (Å²) in [7, 11) is 0. The molecule has 5 atom stereocenters. The number of nitrogens with one attached hydrogen (secondary N) is 3. The maximum absolute atomic E-state index is 14.6. The Hall–Kier alpha value is -4.70. The molecule has 16 heteroatoms. The number of rotatable bonds is 9. The molecule has 1 aliphatic carbocycles. The summed E-state index contributed by atoms with van der Waals surface area (Å²) in [5.74, 6) is -2.44. The molecule has 2 aliphatic heterocycles. The fourth-order valence-corrected chi connectivity index (χ4v) is 9.19. The lowest BCUT2D eigenvalue weighted by Crippen LogP contribution is -2.56. The average Bonchev–Trinajstić information content (AvgIpc) is 3.96. The average molecular weight is 849 g/mol. The van der Waals surface area contributed by atoms with E-state index in [2.05, 4.69) is 20.9 Å². The molecule has 2 fully saturated rings. The first kappa shape index (κ1) is 43.9. The van der Waals surface area contributed by atoms with E-state index in [1.807, 2.05) is 62.8 Å². The molecule has 1 unspecified atom stereocenters. The zero-order valence-corrected chi connectivity index (χ0v) is 36.1.